The molecule has 0 aliphatic carbocycles. The molecule has 0 unspecified atom stereocenters. The van der Waals surface area contributed by atoms with E-state index in [1.165, 1.54) is 10.8 Å². The van der Waals surface area contributed by atoms with Gasteiger partial charge < -0.3 is 15.1 Å². The second kappa shape index (κ2) is 9.68. The summed E-state index contributed by atoms with van der Waals surface area (Å²) in [5.41, 5.74) is 1.03. The molecule has 2 aromatic heterocycles. The van der Waals surface area contributed by atoms with Crippen molar-refractivity contribution < 1.29 is 14.0 Å². The number of para-hydroxylation sites is 1. The first kappa shape index (κ1) is 18.8. The minimum atomic E-state index is -0.255. The molecule has 0 atom stereocenters. The number of fused-ring (bicyclic) bond motifs is 1. The summed E-state index contributed by atoms with van der Waals surface area (Å²) in [5.74, 6) is 0.278. The van der Waals surface area contributed by atoms with Gasteiger partial charge in [-0.05, 0) is 36.8 Å². The topological polar surface area (TPSA) is 84.2 Å². The van der Waals surface area contributed by atoms with E-state index < -0.39 is 0 Å². The minimum absolute atomic E-state index is 0.0744. The summed E-state index contributed by atoms with van der Waals surface area (Å²) in [4.78, 5) is 28.0. The highest BCUT2D eigenvalue weighted by Gasteiger charge is 2.05. The summed E-state index contributed by atoms with van der Waals surface area (Å²) >= 11 is 1.69. The Hall–Kier alpha value is -2.93. The van der Waals surface area contributed by atoms with E-state index in [-0.39, 0.29) is 18.2 Å². The number of thiazole rings is 1. The number of rotatable bonds is 9. The van der Waals surface area contributed by atoms with E-state index in [4.69, 9.17) is 4.42 Å². The van der Waals surface area contributed by atoms with Gasteiger partial charge in [0.1, 0.15) is 5.76 Å². The van der Waals surface area contributed by atoms with Gasteiger partial charge in [-0.1, -0.05) is 12.1 Å². The summed E-state index contributed by atoms with van der Waals surface area (Å²) in [6.07, 6.45) is 6.43. The molecule has 0 saturated heterocycles. The van der Waals surface area contributed by atoms with Crippen molar-refractivity contribution in [3.8, 4) is 0 Å². The fraction of sp³-hybridized carbons (Fsp3) is 0.250. The van der Waals surface area contributed by atoms with Crippen molar-refractivity contribution in [2.24, 2.45) is 0 Å². The van der Waals surface area contributed by atoms with Gasteiger partial charge in [-0.3, -0.25) is 9.59 Å². The van der Waals surface area contributed by atoms with E-state index in [1.807, 2.05) is 18.2 Å². The number of aryl methyl sites for hydroxylation is 1. The van der Waals surface area contributed by atoms with Crippen LogP contribution >= 0.6 is 11.3 Å². The molecule has 0 spiro atoms. The minimum Gasteiger partial charge on any atom is -0.465 e. The number of carbonyl (C=O) groups is 2. The average molecular weight is 383 g/mol. The molecule has 0 aliphatic rings. The van der Waals surface area contributed by atoms with Crippen LogP contribution in [0.2, 0.25) is 0 Å². The van der Waals surface area contributed by atoms with E-state index in [0.29, 0.717) is 18.8 Å². The van der Waals surface area contributed by atoms with Crippen molar-refractivity contribution in [2.75, 3.05) is 13.1 Å². The van der Waals surface area contributed by atoms with Crippen LogP contribution in [0, 0.1) is 0 Å². The van der Waals surface area contributed by atoms with Gasteiger partial charge in [0.15, 0.2) is 0 Å². The maximum atomic E-state index is 11.8. The van der Waals surface area contributed by atoms with E-state index in [9.17, 15) is 9.59 Å². The second-order valence-corrected chi connectivity index (χ2v) is 7.03. The van der Waals surface area contributed by atoms with Crippen LogP contribution in [-0.2, 0) is 16.0 Å². The van der Waals surface area contributed by atoms with Gasteiger partial charge in [-0.2, -0.15) is 0 Å². The van der Waals surface area contributed by atoms with E-state index in [1.54, 1.807) is 35.8 Å². The molecule has 6 nitrogen and oxygen atoms in total. The quantitative estimate of drug-likeness (QED) is 0.439. The molecule has 0 bridgehead atoms. The molecule has 2 N–H and O–H groups in total. The molecule has 1 aromatic carbocycles. The number of hydrogen-bond donors (Lipinski definition) is 2. The van der Waals surface area contributed by atoms with Gasteiger partial charge in [-0.15, -0.1) is 11.3 Å². The van der Waals surface area contributed by atoms with Crippen molar-refractivity contribution in [2.45, 2.75) is 19.3 Å². The Morgan fingerprint density at radius 3 is 2.81 bits per heavy atom. The SMILES string of the molecule is O=C(/C=C/c1ccco1)NCCC(=O)NCCCc1nc2ccccc2s1. The number of aromatic nitrogens is 1. The Bertz CT molecular complexity index is 883. The lowest BCUT2D eigenvalue weighted by molar-refractivity contribution is -0.121. The predicted octanol–water partition coefficient (Wildman–Crippen LogP) is 3.16. The standard InChI is InChI=1S/C20H21N3O3S/c24-18(10-9-15-5-4-14-26-15)22-13-11-19(25)21-12-3-8-20-23-16-6-1-2-7-17(16)27-20/h1-2,4-7,9-10,14H,3,8,11-13H2,(H,21,25)(H,22,24)/b10-9+. The number of nitrogens with one attached hydrogen (secondary N) is 2. The molecule has 3 aromatic rings. The van der Waals surface area contributed by atoms with Gasteiger partial charge in [0.05, 0.1) is 21.5 Å². The number of amides is 2. The molecular weight excluding hydrogens is 362 g/mol. The number of furan rings is 1. The van der Waals surface area contributed by atoms with E-state index >= 15 is 0 Å². The van der Waals surface area contributed by atoms with Gasteiger partial charge in [-0.25, -0.2) is 4.98 Å². The molecule has 2 amide bonds. The molecule has 0 fully saturated rings. The van der Waals surface area contributed by atoms with Crippen LogP contribution in [0.15, 0.2) is 53.2 Å². The smallest absolute Gasteiger partial charge is 0.244 e. The van der Waals surface area contributed by atoms with Crippen molar-refractivity contribution in [3.05, 3.63) is 59.5 Å². The number of nitrogens with zero attached hydrogens (tertiary/aromatic N) is 1. The largest absolute Gasteiger partial charge is 0.465 e. The van der Waals surface area contributed by atoms with Crippen molar-refractivity contribution >= 4 is 39.4 Å². The summed E-state index contributed by atoms with van der Waals surface area (Å²) in [7, 11) is 0. The number of carbonyl (C=O) groups excluding carboxylic acids is 2. The van der Waals surface area contributed by atoms with Gasteiger partial charge in [0.2, 0.25) is 11.8 Å². The lowest BCUT2D eigenvalue weighted by atomic mass is 10.3. The maximum absolute atomic E-state index is 11.8. The number of benzene rings is 1. The van der Waals surface area contributed by atoms with Gasteiger partial charge in [0.25, 0.3) is 0 Å². The molecule has 0 radical (unpaired) electrons. The lowest BCUT2D eigenvalue weighted by Crippen LogP contribution is -2.30. The fourth-order valence-corrected chi connectivity index (χ4v) is 3.49. The normalized spacial score (nSPS) is 11.1. The van der Waals surface area contributed by atoms with Crippen LogP contribution in [-0.4, -0.2) is 29.9 Å². The first-order chi connectivity index (χ1) is 13.2. The Morgan fingerprint density at radius 2 is 2.00 bits per heavy atom. The highest BCUT2D eigenvalue weighted by Crippen LogP contribution is 2.22. The summed E-state index contributed by atoms with van der Waals surface area (Å²) in [6, 6.07) is 11.6. The molecule has 3 rings (SSSR count). The Balaban J connectivity index is 1.27. The predicted molar refractivity (Wildman–Crippen MR) is 106 cm³/mol. The maximum Gasteiger partial charge on any atom is 0.244 e. The van der Waals surface area contributed by atoms with E-state index in [0.717, 1.165) is 23.4 Å². The first-order valence-corrected chi connectivity index (χ1v) is 9.63. The van der Waals surface area contributed by atoms with Gasteiger partial charge in [0, 0.05) is 32.0 Å². The molecule has 0 saturated carbocycles. The second-order valence-electron chi connectivity index (χ2n) is 5.92. The van der Waals surface area contributed by atoms with Crippen molar-refractivity contribution in [1.29, 1.82) is 0 Å². The zero-order valence-corrected chi connectivity index (χ0v) is 15.6. The van der Waals surface area contributed by atoms with Crippen molar-refractivity contribution in [1.82, 2.24) is 15.6 Å². The summed E-state index contributed by atoms with van der Waals surface area (Å²) < 4.78 is 6.28. The fourth-order valence-electron chi connectivity index (χ4n) is 2.48. The van der Waals surface area contributed by atoms with E-state index in [2.05, 4.69) is 21.7 Å². The third-order valence-corrected chi connectivity index (χ3v) is 4.92. The van der Waals surface area contributed by atoms with Crippen LogP contribution in [0.1, 0.15) is 23.6 Å². The highest BCUT2D eigenvalue weighted by atomic mass is 32.1. The average Bonchev–Trinajstić information content (AvgIpc) is 3.32. The zero-order chi connectivity index (χ0) is 18.9. The summed E-state index contributed by atoms with van der Waals surface area (Å²) in [5, 5.41) is 6.62. The molecule has 140 valence electrons. The third-order valence-electron chi connectivity index (χ3n) is 3.82. The van der Waals surface area contributed by atoms with Crippen LogP contribution in [0.4, 0.5) is 0 Å². The Labute approximate surface area is 161 Å². The van der Waals surface area contributed by atoms with Crippen molar-refractivity contribution in [3.63, 3.8) is 0 Å². The number of hydrogen-bond acceptors (Lipinski definition) is 5. The Kier molecular flexibility index (Phi) is 6.76. The lowest BCUT2D eigenvalue weighted by Gasteiger charge is -2.05. The third kappa shape index (κ3) is 6.07. The molecule has 7 heteroatoms. The van der Waals surface area contributed by atoms with Crippen LogP contribution in [0.3, 0.4) is 0 Å². The van der Waals surface area contributed by atoms with Crippen LogP contribution < -0.4 is 10.6 Å². The molecule has 0 aliphatic heterocycles. The summed E-state index contributed by atoms with van der Waals surface area (Å²) in [6.45, 7) is 0.895. The Morgan fingerprint density at radius 1 is 1.11 bits per heavy atom. The van der Waals surface area contributed by atoms with Crippen LogP contribution in [0.5, 0.6) is 0 Å². The highest BCUT2D eigenvalue weighted by molar-refractivity contribution is 7.18. The molecule has 2 heterocycles. The van der Waals surface area contributed by atoms with Gasteiger partial charge >= 0.3 is 0 Å². The molecular formula is C20H21N3O3S. The monoisotopic (exact) mass is 383 g/mol. The zero-order valence-electron chi connectivity index (χ0n) is 14.8. The van der Waals surface area contributed by atoms with Crippen LogP contribution in [0.25, 0.3) is 16.3 Å². The molecule has 27 heavy (non-hydrogen) atoms. The first-order valence-electron chi connectivity index (χ1n) is 8.81.